The number of rotatable bonds is 7. The topological polar surface area (TPSA) is 101 Å². The number of hydrogen-bond donors (Lipinski definition) is 2. The van der Waals surface area contributed by atoms with Crippen molar-refractivity contribution in [3.05, 3.63) is 70.8 Å². The van der Waals surface area contributed by atoms with Crippen molar-refractivity contribution < 1.29 is 13.3 Å². The lowest BCUT2D eigenvalue weighted by atomic mass is 10.2. The van der Waals surface area contributed by atoms with Crippen molar-refractivity contribution >= 4 is 21.8 Å². The van der Waals surface area contributed by atoms with Gasteiger partial charge in [-0.3, -0.25) is 10.1 Å². The van der Waals surface area contributed by atoms with Crippen molar-refractivity contribution in [3.8, 4) is 0 Å². The summed E-state index contributed by atoms with van der Waals surface area (Å²) in [5.74, 6) is 0. The van der Waals surface area contributed by atoms with E-state index in [0.717, 1.165) is 16.7 Å². The summed E-state index contributed by atoms with van der Waals surface area (Å²) in [5, 5.41) is 11.9. The lowest BCUT2D eigenvalue weighted by Crippen LogP contribution is -2.55. The van der Waals surface area contributed by atoms with E-state index in [2.05, 4.69) is 10.3 Å². The predicted octanol–water partition coefficient (Wildman–Crippen LogP) is 2.79. The Labute approximate surface area is 156 Å². The zero-order valence-electron chi connectivity index (χ0n) is 13.9. The van der Waals surface area contributed by atoms with Crippen LogP contribution in [0.4, 0.5) is 0 Å². The molecule has 9 heteroatoms. The first-order valence-corrected chi connectivity index (χ1v) is 10.4. The number of benzene rings is 2. The first kappa shape index (κ1) is 18.8. The van der Waals surface area contributed by atoms with E-state index in [-0.39, 0.29) is 9.82 Å². The molecule has 2 aromatic carbocycles. The minimum absolute atomic E-state index is 0.105. The Balaban J connectivity index is 1.78. The monoisotopic (exact) mass is 393 g/mol. The molecule has 7 nitrogen and oxygen atoms in total. The van der Waals surface area contributed by atoms with Crippen LogP contribution in [0.15, 0.2) is 70.5 Å². The van der Waals surface area contributed by atoms with E-state index in [1.165, 1.54) is 12.1 Å². The molecule has 0 amide bonds. The summed E-state index contributed by atoms with van der Waals surface area (Å²) in [6, 6.07) is 16.4. The van der Waals surface area contributed by atoms with Crippen LogP contribution in [0.25, 0.3) is 0 Å². The average molecular weight is 393 g/mol. The number of nitro groups is 1. The van der Waals surface area contributed by atoms with Gasteiger partial charge in [0.1, 0.15) is 6.04 Å². The summed E-state index contributed by atoms with van der Waals surface area (Å²) in [4.78, 5) is 13.5. The van der Waals surface area contributed by atoms with Crippen molar-refractivity contribution in [3.63, 3.8) is 0 Å². The molecule has 0 spiro atoms. The van der Waals surface area contributed by atoms with Gasteiger partial charge in [0.25, 0.3) is 14.9 Å². The molecule has 26 heavy (non-hydrogen) atoms. The smallest absolute Gasteiger partial charge is 0.263 e. The minimum atomic E-state index is -3.79. The molecule has 2 unspecified atom stereocenters. The molecule has 138 valence electrons. The Hall–Kier alpha value is -1.94. The summed E-state index contributed by atoms with van der Waals surface area (Å²) >= 11 is 1.16. The van der Waals surface area contributed by atoms with Crippen LogP contribution in [-0.2, 0) is 10.0 Å². The summed E-state index contributed by atoms with van der Waals surface area (Å²) in [6.07, 6.45) is 1.52. The van der Waals surface area contributed by atoms with Gasteiger partial charge in [-0.05, 0) is 48.9 Å². The highest BCUT2D eigenvalue weighted by Crippen LogP contribution is 2.45. The van der Waals surface area contributed by atoms with Crippen molar-refractivity contribution in [1.82, 2.24) is 10.3 Å². The summed E-state index contributed by atoms with van der Waals surface area (Å²) in [5.41, 5.74) is 2.71. The zero-order chi connectivity index (χ0) is 18.6. The van der Waals surface area contributed by atoms with Gasteiger partial charge < -0.3 is 0 Å². The molecule has 0 bridgehead atoms. The number of thioether (sulfide) groups is 1. The Morgan fingerprint density at radius 1 is 1.08 bits per heavy atom. The average Bonchev–Trinajstić information content (AvgIpc) is 3.05. The second-order valence-electron chi connectivity index (χ2n) is 6.02. The van der Waals surface area contributed by atoms with E-state index < -0.39 is 20.9 Å². The van der Waals surface area contributed by atoms with E-state index in [1.807, 2.05) is 30.3 Å². The minimum Gasteiger partial charge on any atom is -0.263 e. The van der Waals surface area contributed by atoms with Gasteiger partial charge in [0.15, 0.2) is 0 Å². The van der Waals surface area contributed by atoms with Gasteiger partial charge in [0.05, 0.1) is 4.90 Å². The Morgan fingerprint density at radius 3 is 2.31 bits per heavy atom. The fourth-order valence-electron chi connectivity index (χ4n) is 3.02. The third-order valence-electron chi connectivity index (χ3n) is 4.34. The Bertz CT molecular complexity index is 862. The van der Waals surface area contributed by atoms with Gasteiger partial charge in [-0.1, -0.05) is 36.4 Å². The molecular weight excluding hydrogens is 374 g/mol. The van der Waals surface area contributed by atoms with Crippen molar-refractivity contribution in [1.29, 1.82) is 0 Å². The van der Waals surface area contributed by atoms with Crippen LogP contribution in [0.3, 0.4) is 0 Å². The molecule has 0 aromatic heterocycles. The van der Waals surface area contributed by atoms with E-state index in [0.29, 0.717) is 19.3 Å². The van der Waals surface area contributed by atoms with Crippen LogP contribution in [0.5, 0.6) is 0 Å². The van der Waals surface area contributed by atoms with E-state index in [1.54, 1.807) is 18.2 Å². The molecule has 1 saturated carbocycles. The lowest BCUT2D eigenvalue weighted by molar-refractivity contribution is -0.540. The molecule has 1 aliphatic carbocycles. The maximum absolute atomic E-state index is 12.4. The van der Waals surface area contributed by atoms with Crippen molar-refractivity contribution in [2.45, 2.75) is 40.0 Å². The van der Waals surface area contributed by atoms with Crippen molar-refractivity contribution in [2.75, 3.05) is 0 Å². The fourth-order valence-corrected chi connectivity index (χ4v) is 5.29. The normalized spacial score (nSPS) is 23.0. The molecule has 2 N–H and O–H groups in total. The lowest BCUT2D eigenvalue weighted by Gasteiger charge is -2.27. The van der Waals surface area contributed by atoms with Gasteiger partial charge in [0.2, 0.25) is 0 Å². The maximum atomic E-state index is 12.4. The molecule has 3 rings (SSSR count). The quantitative estimate of drug-likeness (QED) is 0.426. The van der Waals surface area contributed by atoms with Gasteiger partial charge in [-0.25, -0.2) is 13.8 Å². The largest absolute Gasteiger partial charge is 0.287 e. The summed E-state index contributed by atoms with van der Waals surface area (Å²) in [6.45, 7) is 0. The van der Waals surface area contributed by atoms with Crippen molar-refractivity contribution in [2.24, 2.45) is 0 Å². The van der Waals surface area contributed by atoms with Crippen LogP contribution >= 0.6 is 11.8 Å². The maximum Gasteiger partial charge on any atom is 0.287 e. The first-order valence-electron chi connectivity index (χ1n) is 8.15. The molecule has 1 aliphatic rings. The van der Waals surface area contributed by atoms with Gasteiger partial charge >= 0.3 is 0 Å². The highest BCUT2D eigenvalue weighted by atomic mass is 32.2. The first-order chi connectivity index (χ1) is 12.4. The number of sulfonamides is 1. The second-order valence-corrected chi connectivity index (χ2v) is 9.09. The van der Waals surface area contributed by atoms with Crippen LogP contribution < -0.4 is 10.3 Å². The summed E-state index contributed by atoms with van der Waals surface area (Å²) < 4.78 is 24.8. The molecule has 1 fully saturated rings. The summed E-state index contributed by atoms with van der Waals surface area (Å²) in [7, 11) is -3.79. The van der Waals surface area contributed by atoms with Crippen LogP contribution in [0, 0.1) is 10.1 Å². The number of nitrogens with zero attached hydrogens (tertiary/aromatic N) is 1. The highest BCUT2D eigenvalue weighted by Gasteiger charge is 2.55. The fraction of sp³-hybridized carbons (Fsp3) is 0.294. The SMILES string of the molecule is O=[N+]([O-])C1(Sc2ccccc2)CCCC1NNS(=O)(=O)c1ccccc1. The van der Waals surface area contributed by atoms with Crippen LogP contribution in [0.2, 0.25) is 0 Å². The zero-order valence-corrected chi connectivity index (χ0v) is 15.5. The van der Waals surface area contributed by atoms with E-state index >= 15 is 0 Å². The standard InChI is InChI=1S/C17H19N3O4S2/c21-20(22)17(25-14-8-3-1-4-9-14)13-7-12-16(17)18-19-26(23,24)15-10-5-2-6-11-15/h1-6,8-11,16,18-19H,7,12-13H2. The second kappa shape index (κ2) is 7.75. The number of hydrazine groups is 1. The highest BCUT2D eigenvalue weighted by molar-refractivity contribution is 8.00. The van der Waals surface area contributed by atoms with Gasteiger partial charge in [0, 0.05) is 16.2 Å². The Morgan fingerprint density at radius 2 is 1.69 bits per heavy atom. The van der Waals surface area contributed by atoms with E-state index in [9.17, 15) is 18.5 Å². The molecule has 0 radical (unpaired) electrons. The molecule has 0 aliphatic heterocycles. The Kier molecular flexibility index (Phi) is 5.61. The third kappa shape index (κ3) is 3.90. The van der Waals surface area contributed by atoms with Crippen LogP contribution in [0.1, 0.15) is 19.3 Å². The van der Waals surface area contributed by atoms with Gasteiger partial charge in [-0.15, -0.1) is 4.83 Å². The number of hydrogen-bond acceptors (Lipinski definition) is 6. The molecule has 2 atom stereocenters. The van der Waals surface area contributed by atoms with E-state index in [4.69, 9.17) is 0 Å². The molecule has 2 aromatic rings. The molecular formula is C17H19N3O4S2. The van der Waals surface area contributed by atoms with Crippen LogP contribution in [-0.4, -0.2) is 24.3 Å². The predicted molar refractivity (Wildman–Crippen MR) is 99.6 cm³/mol. The molecule has 0 heterocycles. The van der Waals surface area contributed by atoms with Gasteiger partial charge in [-0.2, -0.15) is 0 Å². The molecule has 0 saturated heterocycles. The third-order valence-corrected chi connectivity index (χ3v) is 7.12. The number of nitrogens with one attached hydrogen (secondary N) is 2.